The highest BCUT2D eigenvalue weighted by Crippen LogP contribution is 2.30. The maximum absolute atomic E-state index is 13.0. The van der Waals surface area contributed by atoms with Crippen molar-refractivity contribution < 1.29 is 9.60 Å². The Hall–Kier alpha value is -2.69. The van der Waals surface area contributed by atoms with Crippen molar-refractivity contribution in [2.24, 2.45) is 0 Å². The van der Waals surface area contributed by atoms with Gasteiger partial charge in [0.2, 0.25) is 0 Å². The number of halogens is 1. The second-order valence-corrected chi connectivity index (χ2v) is 4.03. The highest BCUT2D eigenvalue weighted by atomic mass is 19.1. The Labute approximate surface area is 108 Å². The number of pyridine rings is 1. The lowest BCUT2D eigenvalue weighted by molar-refractivity contribution is 0.190. The van der Waals surface area contributed by atoms with E-state index in [1.807, 2.05) is 0 Å². The summed E-state index contributed by atoms with van der Waals surface area (Å²) in [6.45, 7) is 0. The fourth-order valence-electron chi connectivity index (χ4n) is 1.94. The smallest absolute Gasteiger partial charge is 0.133 e. The van der Waals surface area contributed by atoms with Gasteiger partial charge in [-0.3, -0.25) is 4.98 Å². The van der Waals surface area contributed by atoms with Crippen LogP contribution in [0.3, 0.4) is 0 Å². The second kappa shape index (κ2) is 4.53. The quantitative estimate of drug-likeness (QED) is 0.716. The summed E-state index contributed by atoms with van der Waals surface area (Å²) in [5.41, 5.74) is 2.66. The molecule has 2 heterocycles. The summed E-state index contributed by atoms with van der Waals surface area (Å²) in [4.78, 5) is 8.12. The molecule has 2 aromatic heterocycles. The maximum atomic E-state index is 13.0. The average Bonchev–Trinajstić information content (AvgIpc) is 2.83. The Morgan fingerprint density at radius 2 is 1.63 bits per heavy atom. The van der Waals surface area contributed by atoms with Crippen LogP contribution in [0.25, 0.3) is 22.5 Å². The van der Waals surface area contributed by atoms with E-state index < -0.39 is 0 Å². The first-order valence-electron chi connectivity index (χ1n) is 5.68. The summed E-state index contributed by atoms with van der Waals surface area (Å²) in [5.74, 6) is -0.321. The minimum atomic E-state index is -0.321. The number of nitrogens with zero attached hydrogens (tertiary/aromatic N) is 3. The van der Waals surface area contributed by atoms with Crippen LogP contribution < -0.4 is 0 Å². The zero-order valence-electron chi connectivity index (χ0n) is 9.86. The molecule has 3 aromatic rings. The molecule has 3 rings (SSSR count). The van der Waals surface area contributed by atoms with Crippen LogP contribution in [-0.4, -0.2) is 19.9 Å². The van der Waals surface area contributed by atoms with Crippen LogP contribution in [-0.2, 0) is 0 Å². The lowest BCUT2D eigenvalue weighted by atomic mass is 10.1. The average molecular weight is 255 g/mol. The molecule has 19 heavy (non-hydrogen) atoms. The van der Waals surface area contributed by atoms with E-state index in [0.29, 0.717) is 17.0 Å². The van der Waals surface area contributed by atoms with E-state index in [4.69, 9.17) is 0 Å². The van der Waals surface area contributed by atoms with Crippen LogP contribution in [0.15, 0.2) is 55.1 Å². The molecular weight excluding hydrogens is 245 g/mol. The van der Waals surface area contributed by atoms with E-state index in [1.165, 1.54) is 18.5 Å². The number of aromatic nitrogens is 3. The van der Waals surface area contributed by atoms with E-state index >= 15 is 0 Å². The van der Waals surface area contributed by atoms with Crippen molar-refractivity contribution in [1.29, 1.82) is 0 Å². The van der Waals surface area contributed by atoms with Crippen molar-refractivity contribution in [3.05, 3.63) is 60.9 Å². The number of imidazole rings is 1. The van der Waals surface area contributed by atoms with Crippen LogP contribution in [0.4, 0.5) is 4.39 Å². The standard InChI is InChI=1S/C14H10FN3O/c15-12-3-1-11(2-4-12)14-13(17-9-18(14)19)10-5-7-16-8-6-10/h1-9,19H. The molecule has 0 atom stereocenters. The van der Waals surface area contributed by atoms with Gasteiger partial charge in [-0.2, -0.15) is 4.73 Å². The summed E-state index contributed by atoms with van der Waals surface area (Å²) >= 11 is 0. The molecule has 0 aliphatic heterocycles. The molecule has 0 aliphatic carbocycles. The van der Waals surface area contributed by atoms with E-state index in [2.05, 4.69) is 9.97 Å². The van der Waals surface area contributed by atoms with Crippen LogP contribution >= 0.6 is 0 Å². The molecule has 0 saturated carbocycles. The van der Waals surface area contributed by atoms with Crippen LogP contribution in [0.1, 0.15) is 0 Å². The molecule has 0 amide bonds. The normalized spacial score (nSPS) is 10.6. The van der Waals surface area contributed by atoms with Gasteiger partial charge in [0.15, 0.2) is 0 Å². The first kappa shape index (κ1) is 11.4. The van der Waals surface area contributed by atoms with E-state index in [1.54, 1.807) is 36.7 Å². The molecule has 0 aliphatic rings. The molecule has 0 radical (unpaired) electrons. The predicted molar refractivity (Wildman–Crippen MR) is 68.0 cm³/mol. The zero-order chi connectivity index (χ0) is 13.2. The summed E-state index contributed by atoms with van der Waals surface area (Å²) < 4.78 is 13.9. The number of hydrogen-bond acceptors (Lipinski definition) is 3. The Morgan fingerprint density at radius 3 is 2.32 bits per heavy atom. The van der Waals surface area contributed by atoms with Crippen molar-refractivity contribution in [2.75, 3.05) is 0 Å². The third-order valence-corrected chi connectivity index (χ3v) is 2.82. The van der Waals surface area contributed by atoms with E-state index in [-0.39, 0.29) is 5.82 Å². The van der Waals surface area contributed by atoms with Crippen molar-refractivity contribution >= 4 is 0 Å². The highest BCUT2D eigenvalue weighted by molar-refractivity contribution is 5.78. The van der Waals surface area contributed by atoms with Gasteiger partial charge in [0.25, 0.3) is 0 Å². The fraction of sp³-hybridized carbons (Fsp3) is 0. The van der Waals surface area contributed by atoms with Crippen LogP contribution in [0.5, 0.6) is 0 Å². The van der Waals surface area contributed by atoms with Crippen molar-refractivity contribution in [3.8, 4) is 22.5 Å². The first-order chi connectivity index (χ1) is 9.25. The molecule has 4 nitrogen and oxygen atoms in total. The molecule has 1 aromatic carbocycles. The Bertz CT molecular complexity index is 692. The molecule has 5 heteroatoms. The van der Waals surface area contributed by atoms with E-state index in [9.17, 15) is 9.60 Å². The Balaban J connectivity index is 2.17. The number of hydrogen-bond donors (Lipinski definition) is 1. The maximum Gasteiger partial charge on any atom is 0.133 e. The number of benzene rings is 1. The van der Waals surface area contributed by atoms with Gasteiger partial charge >= 0.3 is 0 Å². The fourth-order valence-corrected chi connectivity index (χ4v) is 1.94. The van der Waals surface area contributed by atoms with Gasteiger partial charge in [0.1, 0.15) is 17.8 Å². The molecule has 0 fully saturated rings. The van der Waals surface area contributed by atoms with Crippen molar-refractivity contribution in [3.63, 3.8) is 0 Å². The zero-order valence-corrected chi connectivity index (χ0v) is 9.86. The molecule has 0 saturated heterocycles. The van der Waals surface area contributed by atoms with Gasteiger partial charge in [-0.05, 0) is 36.4 Å². The van der Waals surface area contributed by atoms with Gasteiger partial charge in [-0.1, -0.05) is 0 Å². The Kier molecular flexibility index (Phi) is 2.72. The largest absolute Gasteiger partial charge is 0.427 e. The second-order valence-electron chi connectivity index (χ2n) is 4.03. The first-order valence-corrected chi connectivity index (χ1v) is 5.68. The third kappa shape index (κ3) is 2.06. The van der Waals surface area contributed by atoms with Gasteiger partial charge in [-0.25, -0.2) is 9.37 Å². The lowest BCUT2D eigenvalue weighted by Gasteiger charge is -2.05. The lowest BCUT2D eigenvalue weighted by Crippen LogP contribution is -1.93. The van der Waals surface area contributed by atoms with Crippen LogP contribution in [0.2, 0.25) is 0 Å². The van der Waals surface area contributed by atoms with Gasteiger partial charge < -0.3 is 5.21 Å². The van der Waals surface area contributed by atoms with Gasteiger partial charge in [0, 0.05) is 23.5 Å². The molecule has 0 spiro atoms. The Morgan fingerprint density at radius 1 is 0.947 bits per heavy atom. The predicted octanol–water partition coefficient (Wildman–Crippen LogP) is 2.99. The summed E-state index contributed by atoms with van der Waals surface area (Å²) in [6.07, 6.45) is 4.62. The summed E-state index contributed by atoms with van der Waals surface area (Å²) in [6, 6.07) is 9.50. The van der Waals surface area contributed by atoms with Gasteiger partial charge in [-0.15, -0.1) is 0 Å². The SMILES string of the molecule is On1cnc(-c2ccncc2)c1-c1ccc(F)cc1. The monoisotopic (exact) mass is 255 g/mol. The highest BCUT2D eigenvalue weighted by Gasteiger charge is 2.14. The molecule has 0 bridgehead atoms. The molecular formula is C14H10FN3O. The number of rotatable bonds is 2. The molecule has 94 valence electrons. The summed E-state index contributed by atoms with van der Waals surface area (Å²) in [5, 5.41) is 9.86. The minimum absolute atomic E-state index is 0.321. The molecule has 0 unspecified atom stereocenters. The van der Waals surface area contributed by atoms with Crippen molar-refractivity contribution in [1.82, 2.24) is 14.7 Å². The van der Waals surface area contributed by atoms with Crippen molar-refractivity contribution in [2.45, 2.75) is 0 Å². The van der Waals surface area contributed by atoms with Gasteiger partial charge in [0.05, 0.1) is 5.69 Å². The third-order valence-electron chi connectivity index (χ3n) is 2.82. The molecule has 1 N–H and O–H groups in total. The topological polar surface area (TPSA) is 50.9 Å². The minimum Gasteiger partial charge on any atom is -0.427 e. The summed E-state index contributed by atoms with van der Waals surface area (Å²) in [7, 11) is 0. The van der Waals surface area contributed by atoms with E-state index in [0.717, 1.165) is 10.3 Å². The van der Waals surface area contributed by atoms with Crippen LogP contribution in [0, 0.1) is 5.82 Å².